The average Bonchev–Trinajstić information content (AvgIpc) is 3.17. The molecule has 150 valence electrons. The summed E-state index contributed by atoms with van der Waals surface area (Å²) in [5.74, 6) is 8.24. The fraction of sp³-hybridized carbons (Fsp3) is 0.318. The summed E-state index contributed by atoms with van der Waals surface area (Å²) in [5.41, 5.74) is 2.65. The van der Waals surface area contributed by atoms with Crippen molar-refractivity contribution >= 4 is 22.6 Å². The number of methoxy groups -OCH3 is 1. The van der Waals surface area contributed by atoms with Gasteiger partial charge < -0.3 is 19.2 Å². The van der Waals surface area contributed by atoms with Crippen molar-refractivity contribution in [3.8, 4) is 34.7 Å². The van der Waals surface area contributed by atoms with E-state index < -0.39 is 0 Å². The molecule has 2 heterocycles. The Morgan fingerprint density at radius 2 is 2.00 bits per heavy atom. The molecule has 1 fully saturated rings. The van der Waals surface area contributed by atoms with Gasteiger partial charge >= 0.3 is 0 Å². The monoisotopic (exact) mass is 411 g/mol. The molecule has 1 aliphatic rings. The molecule has 29 heavy (non-hydrogen) atoms. The fourth-order valence-corrected chi connectivity index (χ4v) is 3.32. The molecule has 1 aliphatic heterocycles. The van der Waals surface area contributed by atoms with Crippen molar-refractivity contribution in [2.45, 2.75) is 0 Å². The number of hydrogen-bond acceptors (Lipinski definition) is 5. The molecule has 4 rings (SSSR count). The van der Waals surface area contributed by atoms with E-state index in [0.29, 0.717) is 23.1 Å². The maximum Gasteiger partial charge on any atom is 0.162 e. The van der Waals surface area contributed by atoms with Gasteiger partial charge in [0.05, 0.1) is 37.9 Å². The summed E-state index contributed by atoms with van der Waals surface area (Å²) in [5, 5.41) is 0.670. The summed E-state index contributed by atoms with van der Waals surface area (Å²) in [6, 6.07) is 11.3. The Balaban J connectivity index is 1.42. The number of aromatic nitrogens is 2. The minimum Gasteiger partial charge on any atom is -0.493 e. The van der Waals surface area contributed by atoms with Crippen molar-refractivity contribution < 1.29 is 14.2 Å². The number of aromatic amines is 1. The van der Waals surface area contributed by atoms with E-state index in [2.05, 4.69) is 26.7 Å². The standard InChI is InChI=1S/C22H22ClN3O3/c1-27-21-14-16(22-24-18-6-5-17(23)15-19(18)25-22)4-7-20(21)29-11-3-2-8-26-9-12-28-13-10-26/h4-7,14-15H,8-13H2,1H3,(H,24,25). The van der Waals surface area contributed by atoms with Crippen molar-refractivity contribution in [2.24, 2.45) is 0 Å². The number of nitrogens with one attached hydrogen (secondary N) is 1. The van der Waals surface area contributed by atoms with Crippen LogP contribution >= 0.6 is 11.6 Å². The van der Waals surface area contributed by atoms with Crippen LogP contribution in [0.4, 0.5) is 0 Å². The first-order chi connectivity index (χ1) is 14.2. The van der Waals surface area contributed by atoms with Crippen molar-refractivity contribution in [2.75, 3.05) is 46.6 Å². The van der Waals surface area contributed by atoms with E-state index in [4.69, 9.17) is 25.8 Å². The molecule has 2 aromatic carbocycles. The number of rotatable bonds is 5. The van der Waals surface area contributed by atoms with Gasteiger partial charge in [-0.25, -0.2) is 4.98 Å². The van der Waals surface area contributed by atoms with Crippen LogP contribution in [0, 0.1) is 11.8 Å². The number of halogens is 1. The summed E-state index contributed by atoms with van der Waals surface area (Å²) in [4.78, 5) is 10.2. The number of fused-ring (bicyclic) bond motifs is 1. The predicted octanol–water partition coefficient (Wildman–Crippen LogP) is 3.61. The summed E-state index contributed by atoms with van der Waals surface area (Å²) >= 11 is 6.05. The van der Waals surface area contributed by atoms with Gasteiger partial charge in [-0.15, -0.1) is 0 Å². The SMILES string of the molecule is COc1cc(-c2nc3ccc(Cl)cc3[nH]2)ccc1OCC#CCN1CCOCC1. The second kappa shape index (κ2) is 9.19. The van der Waals surface area contributed by atoms with Gasteiger partial charge in [-0.1, -0.05) is 23.4 Å². The average molecular weight is 412 g/mol. The highest BCUT2D eigenvalue weighted by Gasteiger charge is 2.11. The molecule has 0 bridgehead atoms. The van der Waals surface area contributed by atoms with E-state index in [9.17, 15) is 0 Å². The molecular formula is C22H22ClN3O3. The zero-order valence-corrected chi connectivity index (χ0v) is 17.0. The molecule has 1 N–H and O–H groups in total. The number of nitrogens with zero attached hydrogens (tertiary/aromatic N) is 2. The Morgan fingerprint density at radius 1 is 1.14 bits per heavy atom. The smallest absolute Gasteiger partial charge is 0.162 e. The van der Waals surface area contributed by atoms with Gasteiger partial charge in [0.1, 0.15) is 12.4 Å². The number of benzene rings is 2. The number of morpholine rings is 1. The minimum atomic E-state index is 0.309. The largest absolute Gasteiger partial charge is 0.493 e. The van der Waals surface area contributed by atoms with Crippen LogP contribution in [0.3, 0.4) is 0 Å². The minimum absolute atomic E-state index is 0.309. The van der Waals surface area contributed by atoms with Crippen molar-refractivity contribution in [3.63, 3.8) is 0 Å². The number of ether oxygens (including phenoxy) is 3. The Hall–Kier alpha value is -2.72. The van der Waals surface area contributed by atoms with Gasteiger partial charge in [0.2, 0.25) is 0 Å². The lowest BCUT2D eigenvalue weighted by Gasteiger charge is -2.24. The quantitative estimate of drug-likeness (QED) is 0.650. The van der Waals surface area contributed by atoms with Gasteiger partial charge in [-0.3, -0.25) is 4.90 Å². The van der Waals surface area contributed by atoms with Crippen molar-refractivity contribution in [1.82, 2.24) is 14.9 Å². The first-order valence-corrected chi connectivity index (χ1v) is 9.83. The lowest BCUT2D eigenvalue weighted by atomic mass is 10.2. The van der Waals surface area contributed by atoms with Crippen LogP contribution in [0.5, 0.6) is 11.5 Å². The Kier molecular flexibility index (Phi) is 6.20. The zero-order chi connectivity index (χ0) is 20.1. The molecule has 0 spiro atoms. The molecule has 0 unspecified atom stereocenters. The van der Waals surface area contributed by atoms with E-state index in [1.54, 1.807) is 7.11 Å². The van der Waals surface area contributed by atoms with Gasteiger partial charge in [-0.05, 0) is 36.4 Å². The summed E-state index contributed by atoms with van der Waals surface area (Å²) in [6.07, 6.45) is 0. The van der Waals surface area contributed by atoms with E-state index >= 15 is 0 Å². The highest BCUT2D eigenvalue weighted by atomic mass is 35.5. The van der Waals surface area contributed by atoms with Crippen LogP contribution in [-0.2, 0) is 4.74 Å². The second-order valence-corrected chi connectivity index (χ2v) is 7.08. The van der Waals surface area contributed by atoms with E-state index in [1.165, 1.54) is 0 Å². The lowest BCUT2D eigenvalue weighted by molar-refractivity contribution is 0.0443. The Morgan fingerprint density at radius 3 is 2.83 bits per heavy atom. The highest BCUT2D eigenvalue weighted by Crippen LogP contribution is 2.32. The van der Waals surface area contributed by atoms with Crippen LogP contribution in [0.2, 0.25) is 5.02 Å². The topological polar surface area (TPSA) is 59.6 Å². The molecule has 0 saturated carbocycles. The number of imidazole rings is 1. The van der Waals surface area contributed by atoms with Crippen LogP contribution in [-0.4, -0.2) is 61.4 Å². The van der Waals surface area contributed by atoms with Crippen LogP contribution in [0.15, 0.2) is 36.4 Å². The summed E-state index contributed by atoms with van der Waals surface area (Å²) in [7, 11) is 1.62. The third kappa shape index (κ3) is 4.83. The maximum atomic E-state index is 6.05. The highest BCUT2D eigenvalue weighted by molar-refractivity contribution is 6.31. The molecule has 0 amide bonds. The summed E-state index contributed by atoms with van der Waals surface area (Å²) < 4.78 is 16.6. The van der Waals surface area contributed by atoms with E-state index in [0.717, 1.165) is 55.3 Å². The molecule has 1 aromatic heterocycles. The van der Waals surface area contributed by atoms with E-state index in [1.807, 2.05) is 36.4 Å². The van der Waals surface area contributed by atoms with Crippen molar-refractivity contribution in [1.29, 1.82) is 0 Å². The molecule has 1 saturated heterocycles. The number of H-pyrrole nitrogens is 1. The van der Waals surface area contributed by atoms with Crippen LogP contribution in [0.25, 0.3) is 22.4 Å². The second-order valence-electron chi connectivity index (χ2n) is 6.64. The van der Waals surface area contributed by atoms with Gasteiger partial charge in [0, 0.05) is 23.7 Å². The Bertz CT molecular complexity index is 1050. The Labute approximate surface area is 174 Å². The third-order valence-electron chi connectivity index (χ3n) is 4.71. The molecular weight excluding hydrogens is 390 g/mol. The molecule has 0 aliphatic carbocycles. The lowest BCUT2D eigenvalue weighted by Crippen LogP contribution is -2.36. The first kappa shape index (κ1) is 19.6. The van der Waals surface area contributed by atoms with Gasteiger partial charge in [0.25, 0.3) is 0 Å². The third-order valence-corrected chi connectivity index (χ3v) is 4.95. The van der Waals surface area contributed by atoms with Gasteiger partial charge in [-0.2, -0.15) is 0 Å². The number of hydrogen-bond donors (Lipinski definition) is 1. The molecule has 6 nitrogen and oxygen atoms in total. The van der Waals surface area contributed by atoms with Crippen LogP contribution in [0.1, 0.15) is 0 Å². The maximum absolute atomic E-state index is 6.05. The predicted molar refractivity (Wildman–Crippen MR) is 114 cm³/mol. The zero-order valence-electron chi connectivity index (χ0n) is 16.2. The van der Waals surface area contributed by atoms with Crippen molar-refractivity contribution in [3.05, 3.63) is 41.4 Å². The molecule has 0 radical (unpaired) electrons. The molecule has 0 atom stereocenters. The molecule has 3 aromatic rings. The normalized spacial score (nSPS) is 14.4. The first-order valence-electron chi connectivity index (χ1n) is 9.45. The molecule has 7 heteroatoms. The van der Waals surface area contributed by atoms with Gasteiger partial charge in [0.15, 0.2) is 11.5 Å². The van der Waals surface area contributed by atoms with Crippen LogP contribution < -0.4 is 9.47 Å². The van der Waals surface area contributed by atoms with E-state index in [-0.39, 0.29) is 0 Å². The summed E-state index contributed by atoms with van der Waals surface area (Å²) in [6.45, 7) is 4.46. The fourth-order valence-electron chi connectivity index (χ4n) is 3.14.